The second-order valence-electron chi connectivity index (χ2n) is 6.93. The normalized spacial score (nSPS) is 13.5. The highest BCUT2D eigenvalue weighted by molar-refractivity contribution is 9.10. The highest BCUT2D eigenvalue weighted by Crippen LogP contribution is 2.31. The number of carbonyl (C=O) groups is 1. The molecule has 0 spiro atoms. The summed E-state index contributed by atoms with van der Waals surface area (Å²) in [5, 5.41) is 14.1. The number of nitrogens with one attached hydrogen (secondary N) is 2. The average Bonchev–Trinajstić information content (AvgIpc) is 3.37. The Labute approximate surface area is 179 Å². The number of halogens is 1. The zero-order valence-electron chi connectivity index (χ0n) is 15.6. The molecule has 9 heteroatoms. The molecule has 1 aliphatic heterocycles. The van der Waals surface area contributed by atoms with E-state index in [4.69, 9.17) is 0 Å². The molecule has 1 aromatic carbocycles. The maximum atomic E-state index is 12.9. The SMILES string of the molecule is Cc1nc(-c2cccc(NC(=O)N3CCc4c(c(Br)nc5[nH]ncc45)C3)c2)cs1. The van der Waals surface area contributed by atoms with Crippen LogP contribution in [0.15, 0.2) is 40.4 Å². The largest absolute Gasteiger partial charge is 0.322 e. The molecule has 0 saturated carbocycles. The van der Waals surface area contributed by atoms with Gasteiger partial charge in [0.15, 0.2) is 5.65 Å². The van der Waals surface area contributed by atoms with Gasteiger partial charge < -0.3 is 10.2 Å². The van der Waals surface area contributed by atoms with Gasteiger partial charge in [-0.05, 0) is 47.0 Å². The van der Waals surface area contributed by atoms with Crippen LogP contribution in [0.25, 0.3) is 22.3 Å². The van der Waals surface area contributed by atoms with Crippen LogP contribution in [0.2, 0.25) is 0 Å². The van der Waals surface area contributed by atoms with Crippen LogP contribution in [0.3, 0.4) is 0 Å². The predicted molar refractivity (Wildman–Crippen MR) is 117 cm³/mol. The molecule has 29 heavy (non-hydrogen) atoms. The van der Waals surface area contributed by atoms with Gasteiger partial charge >= 0.3 is 6.03 Å². The van der Waals surface area contributed by atoms with E-state index in [2.05, 4.69) is 41.4 Å². The number of pyridine rings is 1. The predicted octanol–water partition coefficient (Wildman–Crippen LogP) is 4.74. The van der Waals surface area contributed by atoms with Crippen molar-refractivity contribution >= 4 is 50.0 Å². The van der Waals surface area contributed by atoms with Gasteiger partial charge in [-0.2, -0.15) is 5.10 Å². The number of aromatic amines is 1. The summed E-state index contributed by atoms with van der Waals surface area (Å²) >= 11 is 5.16. The standard InChI is InChI=1S/C20H17BrN6OS/c1-11-23-17(10-29-11)12-3-2-4-13(7-12)24-20(28)27-6-5-14-15-8-22-26-19(15)25-18(21)16(14)9-27/h2-4,7-8,10H,5-6,9H2,1H3,(H,24,28)(H,22,25,26). The van der Waals surface area contributed by atoms with E-state index in [-0.39, 0.29) is 6.03 Å². The zero-order chi connectivity index (χ0) is 20.0. The number of carbonyl (C=O) groups excluding carboxylic acids is 1. The van der Waals surface area contributed by atoms with Crippen molar-refractivity contribution in [2.75, 3.05) is 11.9 Å². The molecule has 2 amide bonds. The van der Waals surface area contributed by atoms with Gasteiger partial charge in [0.2, 0.25) is 0 Å². The van der Waals surface area contributed by atoms with E-state index in [1.807, 2.05) is 36.6 Å². The summed E-state index contributed by atoms with van der Waals surface area (Å²) in [5.41, 5.74) is 5.67. The van der Waals surface area contributed by atoms with E-state index in [1.54, 1.807) is 22.4 Å². The van der Waals surface area contributed by atoms with Gasteiger partial charge in [-0.25, -0.2) is 14.8 Å². The highest BCUT2D eigenvalue weighted by Gasteiger charge is 2.25. The van der Waals surface area contributed by atoms with Crippen LogP contribution in [0, 0.1) is 6.92 Å². The molecule has 5 rings (SSSR count). The quantitative estimate of drug-likeness (QED) is 0.415. The van der Waals surface area contributed by atoms with Gasteiger partial charge in [0.05, 0.1) is 23.4 Å². The molecule has 4 heterocycles. The van der Waals surface area contributed by atoms with Crippen LogP contribution in [0.4, 0.5) is 10.5 Å². The Balaban J connectivity index is 1.36. The highest BCUT2D eigenvalue weighted by atomic mass is 79.9. The van der Waals surface area contributed by atoms with Crippen molar-refractivity contribution in [2.24, 2.45) is 0 Å². The molecule has 0 bridgehead atoms. The molecule has 7 nitrogen and oxygen atoms in total. The Hall–Kier alpha value is -2.78. The van der Waals surface area contributed by atoms with Crippen LogP contribution < -0.4 is 5.32 Å². The molecule has 0 radical (unpaired) electrons. The number of aromatic nitrogens is 4. The number of benzene rings is 1. The lowest BCUT2D eigenvalue weighted by Crippen LogP contribution is -2.39. The van der Waals surface area contributed by atoms with Crippen molar-refractivity contribution in [1.29, 1.82) is 0 Å². The maximum absolute atomic E-state index is 12.9. The second kappa shape index (κ2) is 7.23. The minimum absolute atomic E-state index is 0.124. The zero-order valence-corrected chi connectivity index (χ0v) is 18.0. The fourth-order valence-corrected chi connectivity index (χ4v) is 4.79. The summed E-state index contributed by atoms with van der Waals surface area (Å²) in [6.45, 7) is 3.12. The molecule has 2 N–H and O–H groups in total. The number of anilines is 1. The van der Waals surface area contributed by atoms with E-state index in [1.165, 1.54) is 5.56 Å². The average molecular weight is 469 g/mol. The molecule has 4 aromatic rings. The summed E-state index contributed by atoms with van der Waals surface area (Å²) in [6.07, 6.45) is 2.56. The van der Waals surface area contributed by atoms with Gasteiger partial charge in [-0.1, -0.05) is 12.1 Å². The maximum Gasteiger partial charge on any atom is 0.322 e. The van der Waals surface area contributed by atoms with Crippen molar-refractivity contribution in [3.05, 3.63) is 56.6 Å². The molecule has 3 aromatic heterocycles. The molecular formula is C20H17BrN6OS. The third-order valence-electron chi connectivity index (χ3n) is 5.06. The number of amides is 2. The van der Waals surface area contributed by atoms with Crippen molar-refractivity contribution in [3.63, 3.8) is 0 Å². The van der Waals surface area contributed by atoms with Crippen molar-refractivity contribution < 1.29 is 4.79 Å². The third-order valence-corrected chi connectivity index (χ3v) is 6.49. The van der Waals surface area contributed by atoms with E-state index in [0.717, 1.165) is 49.6 Å². The van der Waals surface area contributed by atoms with E-state index in [0.29, 0.717) is 13.1 Å². The smallest absolute Gasteiger partial charge is 0.320 e. The minimum Gasteiger partial charge on any atom is -0.320 e. The van der Waals surface area contributed by atoms with Gasteiger partial charge in [0, 0.05) is 34.1 Å². The number of urea groups is 1. The Morgan fingerprint density at radius 3 is 3.03 bits per heavy atom. The number of fused-ring (bicyclic) bond motifs is 3. The summed E-state index contributed by atoms with van der Waals surface area (Å²) < 4.78 is 0.752. The lowest BCUT2D eigenvalue weighted by Gasteiger charge is -2.29. The summed E-state index contributed by atoms with van der Waals surface area (Å²) in [6, 6.07) is 7.66. The summed E-state index contributed by atoms with van der Waals surface area (Å²) in [7, 11) is 0. The lowest BCUT2D eigenvalue weighted by atomic mass is 9.99. The van der Waals surface area contributed by atoms with E-state index in [9.17, 15) is 4.79 Å². The molecule has 0 aliphatic carbocycles. The molecule has 0 unspecified atom stereocenters. The number of hydrogen-bond acceptors (Lipinski definition) is 5. The first-order valence-electron chi connectivity index (χ1n) is 9.17. The van der Waals surface area contributed by atoms with Gasteiger partial charge in [0.1, 0.15) is 4.60 Å². The van der Waals surface area contributed by atoms with Crippen LogP contribution in [-0.4, -0.2) is 37.6 Å². The number of aryl methyl sites for hydroxylation is 1. The molecule has 0 atom stereocenters. The fourth-order valence-electron chi connectivity index (χ4n) is 3.63. The number of rotatable bonds is 2. The Morgan fingerprint density at radius 2 is 2.21 bits per heavy atom. The molecule has 0 saturated heterocycles. The topological polar surface area (TPSA) is 86.8 Å². The van der Waals surface area contributed by atoms with E-state index < -0.39 is 0 Å². The van der Waals surface area contributed by atoms with Crippen LogP contribution in [0.1, 0.15) is 16.1 Å². The fraction of sp³-hybridized carbons (Fsp3) is 0.200. The first-order chi connectivity index (χ1) is 14.1. The number of H-pyrrole nitrogens is 1. The second-order valence-corrected chi connectivity index (χ2v) is 8.74. The van der Waals surface area contributed by atoms with Crippen molar-refractivity contribution in [2.45, 2.75) is 19.9 Å². The Bertz CT molecular complexity index is 1230. The molecule has 146 valence electrons. The summed E-state index contributed by atoms with van der Waals surface area (Å²) in [4.78, 5) is 23.7. The van der Waals surface area contributed by atoms with Crippen molar-refractivity contribution in [3.8, 4) is 11.3 Å². The number of nitrogens with zero attached hydrogens (tertiary/aromatic N) is 4. The number of hydrogen-bond donors (Lipinski definition) is 2. The molecule has 0 fully saturated rings. The first-order valence-corrected chi connectivity index (χ1v) is 10.8. The monoisotopic (exact) mass is 468 g/mol. The lowest BCUT2D eigenvalue weighted by molar-refractivity contribution is 0.206. The third kappa shape index (κ3) is 3.40. The van der Waals surface area contributed by atoms with Crippen LogP contribution in [-0.2, 0) is 13.0 Å². The molecular weight excluding hydrogens is 452 g/mol. The first kappa shape index (κ1) is 18.3. The van der Waals surface area contributed by atoms with Gasteiger partial charge in [-0.15, -0.1) is 11.3 Å². The number of thiazole rings is 1. The Kier molecular flexibility index (Phi) is 4.56. The van der Waals surface area contributed by atoms with E-state index >= 15 is 0 Å². The van der Waals surface area contributed by atoms with Crippen LogP contribution in [0.5, 0.6) is 0 Å². The van der Waals surface area contributed by atoms with Gasteiger partial charge in [0.25, 0.3) is 0 Å². The Morgan fingerprint density at radius 1 is 1.31 bits per heavy atom. The minimum atomic E-state index is -0.124. The van der Waals surface area contributed by atoms with Gasteiger partial charge in [-0.3, -0.25) is 5.10 Å². The molecule has 1 aliphatic rings. The summed E-state index contributed by atoms with van der Waals surface area (Å²) in [5.74, 6) is 0. The van der Waals surface area contributed by atoms with Crippen molar-refractivity contribution in [1.82, 2.24) is 25.1 Å². The van der Waals surface area contributed by atoms with Crippen LogP contribution >= 0.6 is 27.3 Å².